The average Bonchev–Trinajstić information content (AvgIpc) is 2.93. The molecule has 0 atom stereocenters. The Morgan fingerprint density at radius 2 is 1.94 bits per heavy atom. The van der Waals surface area contributed by atoms with Crippen LogP contribution in [-0.4, -0.2) is 14.8 Å². The van der Waals surface area contributed by atoms with Gasteiger partial charge in [-0.05, 0) is 43.3 Å². The smallest absolute Gasteiger partial charge is 0.0711 e. The topological polar surface area (TPSA) is 30.7 Å². The van der Waals surface area contributed by atoms with Crippen molar-refractivity contribution in [1.29, 1.82) is 0 Å². The second kappa shape index (κ2) is 4.45. The molecule has 0 unspecified atom stereocenters. The summed E-state index contributed by atoms with van der Waals surface area (Å²) in [4.78, 5) is 4.48. The highest BCUT2D eigenvalue weighted by atomic mass is 15.3. The van der Waals surface area contributed by atoms with Crippen LogP contribution in [0.15, 0.2) is 54.9 Å². The minimum atomic E-state index is 0.946. The Hall–Kier alpha value is -2.42. The van der Waals surface area contributed by atoms with Crippen LogP contribution in [0.5, 0.6) is 0 Å². The molecule has 0 bridgehead atoms. The van der Waals surface area contributed by atoms with Gasteiger partial charge < -0.3 is 0 Å². The quantitative estimate of drug-likeness (QED) is 0.682. The molecule has 1 radical (unpaired) electrons. The first kappa shape index (κ1) is 10.7. The highest BCUT2D eigenvalue weighted by Crippen LogP contribution is 2.18. The van der Waals surface area contributed by atoms with Crippen LogP contribution in [0.2, 0.25) is 0 Å². The molecule has 0 aliphatic heterocycles. The summed E-state index contributed by atoms with van der Waals surface area (Å²) in [6, 6.07) is 16.9. The molecule has 18 heavy (non-hydrogen) atoms. The zero-order valence-corrected chi connectivity index (χ0v) is 10.0. The van der Waals surface area contributed by atoms with Crippen LogP contribution < -0.4 is 0 Å². The summed E-state index contributed by atoms with van der Waals surface area (Å²) in [5, 5.41) is 4.20. The first-order valence-corrected chi connectivity index (χ1v) is 5.78. The predicted molar refractivity (Wildman–Crippen MR) is 70.4 cm³/mol. The molecule has 3 heteroatoms. The zero-order chi connectivity index (χ0) is 12.4. The second-order valence-electron chi connectivity index (χ2n) is 4.09. The molecule has 0 amide bonds. The van der Waals surface area contributed by atoms with E-state index in [0.29, 0.717) is 0 Å². The standard InChI is InChI=1S/C15H12N3/c1-12-4-2-5-15(17-12)13-6-8-14(9-7-13)18-11-3-10-16-18/h3-11H,1H3. The van der Waals surface area contributed by atoms with Crippen molar-refractivity contribution in [3.8, 4) is 16.9 Å². The lowest BCUT2D eigenvalue weighted by Crippen LogP contribution is -1.94. The summed E-state index contributed by atoms with van der Waals surface area (Å²) >= 11 is 0. The van der Waals surface area contributed by atoms with Gasteiger partial charge in [-0.3, -0.25) is 4.98 Å². The normalized spacial score (nSPS) is 10.5. The fraction of sp³-hybridized carbons (Fsp3) is 0.0667. The molecule has 0 aliphatic rings. The van der Waals surface area contributed by atoms with Gasteiger partial charge in [-0.25, -0.2) is 4.68 Å². The molecular formula is C15H12N3. The first-order chi connectivity index (χ1) is 8.83. The van der Waals surface area contributed by atoms with Gasteiger partial charge in [-0.1, -0.05) is 12.1 Å². The van der Waals surface area contributed by atoms with Gasteiger partial charge in [0, 0.05) is 23.7 Å². The Bertz CT molecular complexity index is 640. The van der Waals surface area contributed by atoms with Crippen molar-refractivity contribution >= 4 is 0 Å². The van der Waals surface area contributed by atoms with Crippen molar-refractivity contribution in [2.75, 3.05) is 0 Å². The van der Waals surface area contributed by atoms with E-state index in [2.05, 4.69) is 16.1 Å². The zero-order valence-electron chi connectivity index (χ0n) is 10.0. The van der Waals surface area contributed by atoms with Crippen LogP contribution in [0.3, 0.4) is 0 Å². The summed E-state index contributed by atoms with van der Waals surface area (Å²) in [5.74, 6) is 0. The highest BCUT2D eigenvalue weighted by molar-refractivity contribution is 5.60. The highest BCUT2D eigenvalue weighted by Gasteiger charge is 2.01. The SMILES string of the molecule is Cc1c[c]cc(-c2ccc(-n3cccn3)cc2)n1. The maximum atomic E-state index is 4.48. The largest absolute Gasteiger partial charge is 0.253 e. The van der Waals surface area contributed by atoms with Gasteiger partial charge in [-0.15, -0.1) is 0 Å². The number of hydrogen-bond donors (Lipinski definition) is 0. The van der Waals surface area contributed by atoms with Crippen molar-refractivity contribution in [3.05, 3.63) is 66.6 Å². The molecule has 1 aromatic carbocycles. The Balaban J connectivity index is 1.96. The molecule has 0 aliphatic carbocycles. The summed E-state index contributed by atoms with van der Waals surface area (Å²) in [7, 11) is 0. The minimum absolute atomic E-state index is 0.946. The van der Waals surface area contributed by atoms with Crippen molar-refractivity contribution < 1.29 is 0 Å². The van der Waals surface area contributed by atoms with Gasteiger partial charge in [0.15, 0.2) is 0 Å². The van der Waals surface area contributed by atoms with Gasteiger partial charge in [0.1, 0.15) is 0 Å². The van der Waals surface area contributed by atoms with Crippen molar-refractivity contribution in [3.63, 3.8) is 0 Å². The number of hydrogen-bond acceptors (Lipinski definition) is 2. The summed E-state index contributed by atoms with van der Waals surface area (Å²) in [6.45, 7) is 1.97. The maximum absolute atomic E-state index is 4.48. The monoisotopic (exact) mass is 234 g/mol. The van der Waals surface area contributed by atoms with Crippen LogP contribution in [0.4, 0.5) is 0 Å². The van der Waals surface area contributed by atoms with E-state index in [1.807, 2.05) is 60.3 Å². The third-order valence-electron chi connectivity index (χ3n) is 2.74. The molecule has 3 nitrogen and oxygen atoms in total. The molecule has 0 fully saturated rings. The predicted octanol–water partition coefficient (Wildman–Crippen LogP) is 3.04. The Kier molecular flexibility index (Phi) is 2.65. The second-order valence-corrected chi connectivity index (χ2v) is 4.09. The number of aromatic nitrogens is 3. The van der Waals surface area contributed by atoms with Crippen LogP contribution in [0.25, 0.3) is 16.9 Å². The molecule has 3 rings (SSSR count). The first-order valence-electron chi connectivity index (χ1n) is 5.78. The lowest BCUT2D eigenvalue weighted by molar-refractivity contribution is 0.881. The Morgan fingerprint density at radius 3 is 2.61 bits per heavy atom. The summed E-state index contributed by atoms with van der Waals surface area (Å²) in [6.07, 6.45) is 3.69. The van der Waals surface area contributed by atoms with Gasteiger partial charge in [0.2, 0.25) is 0 Å². The Labute approximate surface area is 106 Å². The number of nitrogens with zero attached hydrogens (tertiary/aromatic N) is 3. The van der Waals surface area contributed by atoms with Crippen molar-refractivity contribution in [2.45, 2.75) is 6.92 Å². The van der Waals surface area contributed by atoms with E-state index in [1.54, 1.807) is 6.20 Å². The van der Waals surface area contributed by atoms with Crippen LogP contribution in [0, 0.1) is 13.0 Å². The van der Waals surface area contributed by atoms with Gasteiger partial charge in [0.05, 0.1) is 11.4 Å². The van der Waals surface area contributed by atoms with Gasteiger partial charge in [0.25, 0.3) is 0 Å². The summed E-state index contributed by atoms with van der Waals surface area (Å²) < 4.78 is 1.83. The van der Waals surface area contributed by atoms with Crippen molar-refractivity contribution in [1.82, 2.24) is 14.8 Å². The van der Waals surface area contributed by atoms with E-state index in [9.17, 15) is 0 Å². The van der Waals surface area contributed by atoms with E-state index in [0.717, 1.165) is 22.6 Å². The molecule has 0 saturated carbocycles. The van der Waals surface area contributed by atoms with Gasteiger partial charge >= 0.3 is 0 Å². The maximum Gasteiger partial charge on any atom is 0.0711 e. The van der Waals surface area contributed by atoms with E-state index in [-0.39, 0.29) is 0 Å². The molecule has 2 aromatic heterocycles. The lowest BCUT2D eigenvalue weighted by Gasteiger charge is -2.04. The fourth-order valence-electron chi connectivity index (χ4n) is 1.85. The molecule has 3 aromatic rings. The van der Waals surface area contributed by atoms with E-state index < -0.39 is 0 Å². The van der Waals surface area contributed by atoms with E-state index in [4.69, 9.17) is 0 Å². The van der Waals surface area contributed by atoms with Crippen molar-refractivity contribution in [2.24, 2.45) is 0 Å². The lowest BCUT2D eigenvalue weighted by atomic mass is 10.1. The third-order valence-corrected chi connectivity index (χ3v) is 2.74. The molecular weight excluding hydrogens is 222 g/mol. The summed E-state index contributed by atoms with van der Waals surface area (Å²) in [5.41, 5.74) is 4.05. The number of rotatable bonds is 2. The van der Waals surface area contributed by atoms with Crippen LogP contribution in [0.1, 0.15) is 5.69 Å². The number of aryl methyl sites for hydroxylation is 1. The molecule has 0 spiro atoms. The molecule has 0 saturated heterocycles. The number of pyridine rings is 1. The van der Waals surface area contributed by atoms with Crippen LogP contribution in [-0.2, 0) is 0 Å². The minimum Gasteiger partial charge on any atom is -0.253 e. The molecule has 2 heterocycles. The Morgan fingerprint density at radius 1 is 1.11 bits per heavy atom. The average molecular weight is 234 g/mol. The number of benzene rings is 1. The molecule has 87 valence electrons. The van der Waals surface area contributed by atoms with Gasteiger partial charge in [-0.2, -0.15) is 5.10 Å². The third kappa shape index (κ3) is 2.02. The fourth-order valence-corrected chi connectivity index (χ4v) is 1.85. The van der Waals surface area contributed by atoms with E-state index >= 15 is 0 Å². The van der Waals surface area contributed by atoms with E-state index in [1.165, 1.54) is 0 Å². The van der Waals surface area contributed by atoms with Crippen LogP contribution >= 0.6 is 0 Å². The molecule has 0 N–H and O–H groups in total.